The lowest BCUT2D eigenvalue weighted by Crippen LogP contribution is -2.14. The molecule has 0 aliphatic carbocycles. The maximum Gasteiger partial charge on any atom is 0.232 e. The van der Waals surface area contributed by atoms with Gasteiger partial charge in [-0.15, -0.1) is 0 Å². The molecule has 1 amide bonds. The van der Waals surface area contributed by atoms with E-state index in [-0.39, 0.29) is 11.8 Å². The van der Waals surface area contributed by atoms with E-state index >= 15 is 0 Å². The van der Waals surface area contributed by atoms with Gasteiger partial charge in [0.05, 0.1) is 13.0 Å². The van der Waals surface area contributed by atoms with Crippen LogP contribution in [-0.2, 0) is 11.2 Å². The van der Waals surface area contributed by atoms with Crippen molar-refractivity contribution in [3.63, 3.8) is 0 Å². The molecule has 0 bridgehead atoms. The van der Waals surface area contributed by atoms with Crippen LogP contribution < -0.4 is 10.1 Å². The molecule has 0 saturated heterocycles. The van der Waals surface area contributed by atoms with E-state index in [1.807, 2.05) is 37.3 Å². The number of hydrogen-bond donors (Lipinski definition) is 1. The SMILES string of the molecule is COc1ccc(Br)cc1CC1C(=O)Nc2ccc(C)cc21. The highest BCUT2D eigenvalue weighted by Crippen LogP contribution is 2.37. The molecule has 3 nitrogen and oxygen atoms in total. The summed E-state index contributed by atoms with van der Waals surface area (Å²) in [5.41, 5.74) is 4.18. The Morgan fingerprint density at radius 1 is 1.24 bits per heavy atom. The maximum atomic E-state index is 12.3. The third-order valence-electron chi connectivity index (χ3n) is 3.82. The predicted molar refractivity (Wildman–Crippen MR) is 86.9 cm³/mol. The highest BCUT2D eigenvalue weighted by atomic mass is 79.9. The second-order valence-corrected chi connectivity index (χ2v) is 6.21. The van der Waals surface area contributed by atoms with Gasteiger partial charge in [0.25, 0.3) is 0 Å². The van der Waals surface area contributed by atoms with E-state index in [0.717, 1.165) is 32.6 Å². The molecule has 1 aliphatic rings. The molecule has 1 aliphatic heterocycles. The van der Waals surface area contributed by atoms with Gasteiger partial charge in [-0.1, -0.05) is 33.6 Å². The van der Waals surface area contributed by atoms with Gasteiger partial charge in [-0.3, -0.25) is 4.79 Å². The van der Waals surface area contributed by atoms with Crippen molar-refractivity contribution in [2.45, 2.75) is 19.3 Å². The first-order valence-electron chi connectivity index (χ1n) is 6.82. The highest BCUT2D eigenvalue weighted by Gasteiger charge is 2.31. The van der Waals surface area contributed by atoms with Crippen molar-refractivity contribution >= 4 is 27.5 Å². The Morgan fingerprint density at radius 2 is 2.05 bits per heavy atom. The largest absolute Gasteiger partial charge is 0.496 e. The fourth-order valence-corrected chi connectivity index (χ4v) is 3.18. The second kappa shape index (κ2) is 5.53. The summed E-state index contributed by atoms with van der Waals surface area (Å²) < 4.78 is 6.39. The van der Waals surface area contributed by atoms with Crippen LogP contribution in [0.1, 0.15) is 22.6 Å². The van der Waals surface area contributed by atoms with Gasteiger partial charge in [-0.2, -0.15) is 0 Å². The molecule has 108 valence electrons. The number of rotatable bonds is 3. The quantitative estimate of drug-likeness (QED) is 0.911. The molecule has 21 heavy (non-hydrogen) atoms. The van der Waals surface area contributed by atoms with Crippen molar-refractivity contribution in [2.75, 3.05) is 12.4 Å². The summed E-state index contributed by atoms with van der Waals surface area (Å²) in [6.45, 7) is 2.04. The minimum Gasteiger partial charge on any atom is -0.496 e. The van der Waals surface area contributed by atoms with Crippen molar-refractivity contribution in [3.8, 4) is 5.75 Å². The first kappa shape index (κ1) is 14.1. The van der Waals surface area contributed by atoms with E-state index in [4.69, 9.17) is 4.74 Å². The van der Waals surface area contributed by atoms with E-state index in [9.17, 15) is 4.79 Å². The van der Waals surface area contributed by atoms with Crippen molar-refractivity contribution in [2.24, 2.45) is 0 Å². The van der Waals surface area contributed by atoms with E-state index in [1.165, 1.54) is 0 Å². The Kier molecular flexibility index (Phi) is 3.72. The number of anilines is 1. The van der Waals surface area contributed by atoms with Crippen molar-refractivity contribution in [3.05, 3.63) is 57.6 Å². The summed E-state index contributed by atoms with van der Waals surface area (Å²) in [6, 6.07) is 11.9. The maximum absolute atomic E-state index is 12.3. The summed E-state index contributed by atoms with van der Waals surface area (Å²) in [4.78, 5) is 12.3. The molecule has 0 radical (unpaired) electrons. The Hall–Kier alpha value is -1.81. The topological polar surface area (TPSA) is 38.3 Å². The zero-order chi connectivity index (χ0) is 15.0. The summed E-state index contributed by atoms with van der Waals surface area (Å²) in [6.07, 6.45) is 0.630. The van der Waals surface area contributed by atoms with Crippen LogP contribution in [0.3, 0.4) is 0 Å². The fourth-order valence-electron chi connectivity index (χ4n) is 2.77. The van der Waals surface area contributed by atoms with Crippen molar-refractivity contribution in [1.82, 2.24) is 0 Å². The molecule has 1 unspecified atom stereocenters. The van der Waals surface area contributed by atoms with Crippen molar-refractivity contribution in [1.29, 1.82) is 0 Å². The van der Waals surface area contributed by atoms with Crippen LogP contribution >= 0.6 is 15.9 Å². The van der Waals surface area contributed by atoms with Crippen LogP contribution in [0.15, 0.2) is 40.9 Å². The Bertz CT molecular complexity index is 712. The van der Waals surface area contributed by atoms with Gasteiger partial charge in [0.15, 0.2) is 0 Å². The van der Waals surface area contributed by atoms with E-state index in [1.54, 1.807) is 7.11 Å². The number of fused-ring (bicyclic) bond motifs is 1. The van der Waals surface area contributed by atoms with Gasteiger partial charge < -0.3 is 10.1 Å². The summed E-state index contributed by atoms with van der Waals surface area (Å²) in [5.74, 6) is 0.702. The molecule has 2 aromatic carbocycles. The molecule has 0 aromatic heterocycles. The number of benzene rings is 2. The number of carbonyl (C=O) groups is 1. The van der Waals surface area contributed by atoms with E-state index in [2.05, 4.69) is 27.3 Å². The summed E-state index contributed by atoms with van der Waals surface area (Å²) in [7, 11) is 1.65. The van der Waals surface area contributed by atoms with Crippen LogP contribution in [0, 0.1) is 6.92 Å². The molecule has 0 saturated carbocycles. The molecule has 1 N–H and O–H groups in total. The van der Waals surface area contributed by atoms with Gasteiger partial charge in [-0.25, -0.2) is 0 Å². The highest BCUT2D eigenvalue weighted by molar-refractivity contribution is 9.10. The third kappa shape index (κ3) is 2.68. The smallest absolute Gasteiger partial charge is 0.232 e. The van der Waals surface area contributed by atoms with Crippen LogP contribution in [0.25, 0.3) is 0 Å². The van der Waals surface area contributed by atoms with Gasteiger partial charge in [0.2, 0.25) is 5.91 Å². The number of carbonyl (C=O) groups excluding carboxylic acids is 1. The lowest BCUT2D eigenvalue weighted by atomic mass is 9.92. The number of halogens is 1. The Morgan fingerprint density at radius 3 is 2.81 bits per heavy atom. The van der Waals surface area contributed by atoms with Crippen LogP contribution in [0.4, 0.5) is 5.69 Å². The Balaban J connectivity index is 1.98. The predicted octanol–water partition coefficient (Wildman–Crippen LogP) is 4.04. The number of aryl methyl sites for hydroxylation is 1. The minimum atomic E-state index is -0.164. The molecule has 1 heterocycles. The third-order valence-corrected chi connectivity index (χ3v) is 4.32. The number of methoxy groups -OCH3 is 1. The molecule has 2 aromatic rings. The number of ether oxygens (including phenoxy) is 1. The molecule has 1 atom stereocenters. The first-order valence-corrected chi connectivity index (χ1v) is 7.61. The summed E-state index contributed by atoms with van der Waals surface area (Å²) >= 11 is 3.48. The number of nitrogens with one attached hydrogen (secondary N) is 1. The number of amides is 1. The van der Waals surface area contributed by atoms with Gasteiger partial charge in [-0.05, 0) is 48.7 Å². The second-order valence-electron chi connectivity index (χ2n) is 5.29. The molecule has 0 spiro atoms. The fraction of sp³-hybridized carbons (Fsp3) is 0.235. The average molecular weight is 346 g/mol. The monoisotopic (exact) mass is 345 g/mol. The van der Waals surface area contributed by atoms with Gasteiger partial charge in [0.1, 0.15) is 5.75 Å². The van der Waals surface area contributed by atoms with E-state index < -0.39 is 0 Å². The van der Waals surface area contributed by atoms with Crippen LogP contribution in [0.2, 0.25) is 0 Å². The molecule has 4 heteroatoms. The summed E-state index contributed by atoms with van der Waals surface area (Å²) in [5, 5.41) is 2.96. The normalized spacial score (nSPS) is 16.5. The van der Waals surface area contributed by atoms with Crippen molar-refractivity contribution < 1.29 is 9.53 Å². The zero-order valence-corrected chi connectivity index (χ0v) is 13.5. The Labute approximate surface area is 132 Å². The molecule has 0 fully saturated rings. The zero-order valence-electron chi connectivity index (χ0n) is 11.9. The lowest BCUT2D eigenvalue weighted by molar-refractivity contribution is -0.117. The molecular formula is C17H16BrNO2. The lowest BCUT2D eigenvalue weighted by Gasteiger charge is -2.13. The molecular weight excluding hydrogens is 330 g/mol. The molecule has 3 rings (SSSR count). The minimum absolute atomic E-state index is 0.0534. The standard InChI is InChI=1S/C17H16BrNO2/c1-10-3-5-15-13(7-10)14(17(20)19-15)9-11-8-12(18)4-6-16(11)21-2/h3-8,14H,9H2,1-2H3,(H,19,20). The van der Waals surface area contributed by atoms with E-state index in [0.29, 0.717) is 6.42 Å². The first-order chi connectivity index (χ1) is 10.1. The number of hydrogen-bond acceptors (Lipinski definition) is 2. The van der Waals surface area contributed by atoms with Gasteiger partial charge in [0, 0.05) is 10.2 Å². The average Bonchev–Trinajstić information content (AvgIpc) is 2.75. The van der Waals surface area contributed by atoms with Crippen LogP contribution in [-0.4, -0.2) is 13.0 Å². The van der Waals surface area contributed by atoms with Crippen LogP contribution in [0.5, 0.6) is 5.75 Å². The van der Waals surface area contributed by atoms with Gasteiger partial charge >= 0.3 is 0 Å².